The van der Waals surface area contributed by atoms with Crippen molar-refractivity contribution >= 4 is 22.5 Å². The fourth-order valence-electron chi connectivity index (χ4n) is 3.93. The topological polar surface area (TPSA) is 48.1 Å². The van der Waals surface area contributed by atoms with Crippen LogP contribution in [0.1, 0.15) is 24.0 Å². The smallest absolute Gasteiger partial charge is 0.224 e. The number of hydrogen-bond donors (Lipinski definition) is 2. The predicted octanol–water partition coefficient (Wildman–Crippen LogP) is 3.80. The normalized spacial score (nSPS) is 17.4. The zero-order valence-electron chi connectivity index (χ0n) is 15.2. The van der Waals surface area contributed by atoms with Crippen LogP contribution in [0, 0.1) is 6.92 Å². The number of benzene rings is 2. The van der Waals surface area contributed by atoms with Crippen LogP contribution < -0.4 is 10.2 Å². The van der Waals surface area contributed by atoms with E-state index in [1.807, 2.05) is 18.3 Å². The Balaban J connectivity index is 1.40. The molecular formula is C22H25N3O. The van der Waals surface area contributed by atoms with E-state index in [0.717, 1.165) is 42.4 Å². The molecule has 1 aliphatic heterocycles. The van der Waals surface area contributed by atoms with Crippen molar-refractivity contribution < 1.29 is 4.79 Å². The van der Waals surface area contributed by atoms with E-state index in [1.165, 1.54) is 11.3 Å². The van der Waals surface area contributed by atoms with E-state index in [1.54, 1.807) is 0 Å². The largest absolute Gasteiger partial charge is 0.369 e. The number of anilines is 1. The van der Waals surface area contributed by atoms with E-state index >= 15 is 0 Å². The van der Waals surface area contributed by atoms with Crippen molar-refractivity contribution in [3.05, 3.63) is 65.9 Å². The minimum atomic E-state index is 0.104. The quantitative estimate of drug-likeness (QED) is 0.754. The number of nitrogens with one attached hydrogen (secondary N) is 2. The number of carbonyl (C=O) groups excluding carboxylic acids is 1. The summed E-state index contributed by atoms with van der Waals surface area (Å²) in [7, 11) is 0. The van der Waals surface area contributed by atoms with Gasteiger partial charge in [0.25, 0.3) is 0 Å². The highest BCUT2D eigenvalue weighted by Crippen LogP contribution is 2.22. The van der Waals surface area contributed by atoms with Crippen LogP contribution in [0.2, 0.25) is 0 Å². The van der Waals surface area contributed by atoms with Crippen molar-refractivity contribution in [2.24, 2.45) is 0 Å². The lowest BCUT2D eigenvalue weighted by atomic mass is 10.0. The Labute approximate surface area is 154 Å². The maximum Gasteiger partial charge on any atom is 0.224 e. The molecule has 134 valence electrons. The monoisotopic (exact) mass is 347 g/mol. The lowest BCUT2D eigenvalue weighted by Gasteiger charge is -2.34. The van der Waals surface area contributed by atoms with Crippen LogP contribution in [0.25, 0.3) is 10.9 Å². The van der Waals surface area contributed by atoms with Crippen LogP contribution >= 0.6 is 0 Å². The molecule has 26 heavy (non-hydrogen) atoms. The van der Waals surface area contributed by atoms with Gasteiger partial charge in [-0.25, -0.2) is 0 Å². The minimum Gasteiger partial charge on any atom is -0.369 e. The number of piperidine rings is 1. The van der Waals surface area contributed by atoms with Gasteiger partial charge in [0.05, 0.1) is 6.42 Å². The predicted molar refractivity (Wildman–Crippen MR) is 107 cm³/mol. The highest BCUT2D eigenvalue weighted by atomic mass is 16.1. The maximum absolute atomic E-state index is 12.6. The SMILES string of the molecule is Cc1cccc2c(CC(=O)NC3CCCN(c4ccccc4)C3)c[nH]c12. The molecule has 2 heterocycles. The van der Waals surface area contributed by atoms with Gasteiger partial charge in [0.15, 0.2) is 0 Å². The van der Waals surface area contributed by atoms with Gasteiger partial charge in [0, 0.05) is 41.9 Å². The Morgan fingerprint density at radius 2 is 2.04 bits per heavy atom. The van der Waals surface area contributed by atoms with Crippen molar-refractivity contribution in [1.29, 1.82) is 0 Å². The van der Waals surface area contributed by atoms with Gasteiger partial charge in [0.2, 0.25) is 5.91 Å². The molecule has 4 rings (SSSR count). The van der Waals surface area contributed by atoms with Crippen LogP contribution in [0.15, 0.2) is 54.7 Å². The second-order valence-electron chi connectivity index (χ2n) is 7.18. The molecule has 1 unspecified atom stereocenters. The first-order chi connectivity index (χ1) is 12.7. The van der Waals surface area contributed by atoms with Crippen LogP contribution in [-0.4, -0.2) is 30.0 Å². The minimum absolute atomic E-state index is 0.104. The molecule has 1 aromatic heterocycles. The van der Waals surface area contributed by atoms with Crippen LogP contribution in [0.3, 0.4) is 0 Å². The number of hydrogen-bond acceptors (Lipinski definition) is 2. The molecule has 0 saturated carbocycles. The molecule has 0 radical (unpaired) electrons. The molecule has 2 N–H and O–H groups in total. The fraction of sp³-hybridized carbons (Fsp3) is 0.318. The summed E-state index contributed by atoms with van der Waals surface area (Å²) in [6.45, 7) is 4.02. The van der Waals surface area contributed by atoms with Gasteiger partial charge >= 0.3 is 0 Å². The lowest BCUT2D eigenvalue weighted by molar-refractivity contribution is -0.121. The maximum atomic E-state index is 12.6. The number of aromatic amines is 1. The van der Waals surface area contributed by atoms with E-state index in [4.69, 9.17) is 0 Å². The van der Waals surface area contributed by atoms with Gasteiger partial charge < -0.3 is 15.2 Å². The van der Waals surface area contributed by atoms with Gasteiger partial charge in [-0.1, -0.05) is 36.4 Å². The molecule has 1 atom stereocenters. The summed E-state index contributed by atoms with van der Waals surface area (Å²) in [5, 5.41) is 4.39. The Morgan fingerprint density at radius 3 is 2.88 bits per heavy atom. The van der Waals surface area contributed by atoms with Gasteiger partial charge in [-0.15, -0.1) is 0 Å². The number of aromatic nitrogens is 1. The Hall–Kier alpha value is -2.75. The first-order valence-corrected chi connectivity index (χ1v) is 9.35. The molecule has 0 bridgehead atoms. The molecule has 1 aliphatic rings. The molecule has 1 amide bonds. The third-order valence-corrected chi connectivity index (χ3v) is 5.27. The third-order valence-electron chi connectivity index (χ3n) is 5.27. The van der Waals surface area contributed by atoms with E-state index in [0.29, 0.717) is 6.42 Å². The van der Waals surface area contributed by atoms with Gasteiger partial charge in [-0.3, -0.25) is 4.79 Å². The van der Waals surface area contributed by atoms with Crippen molar-refractivity contribution in [3.8, 4) is 0 Å². The van der Waals surface area contributed by atoms with Crippen molar-refractivity contribution in [2.75, 3.05) is 18.0 Å². The Morgan fingerprint density at radius 1 is 1.19 bits per heavy atom. The molecule has 0 aliphatic carbocycles. The van der Waals surface area contributed by atoms with Crippen molar-refractivity contribution in [1.82, 2.24) is 10.3 Å². The molecule has 1 saturated heterocycles. The van der Waals surface area contributed by atoms with Crippen molar-refractivity contribution in [2.45, 2.75) is 32.2 Å². The summed E-state index contributed by atoms with van der Waals surface area (Å²) in [5.74, 6) is 0.104. The van der Waals surface area contributed by atoms with Crippen molar-refractivity contribution in [3.63, 3.8) is 0 Å². The lowest BCUT2D eigenvalue weighted by Crippen LogP contribution is -2.48. The summed E-state index contributed by atoms with van der Waals surface area (Å²) in [5.41, 5.74) is 4.64. The Kier molecular flexibility index (Phi) is 4.65. The van der Waals surface area contributed by atoms with Gasteiger partial charge in [-0.2, -0.15) is 0 Å². The third kappa shape index (κ3) is 3.45. The zero-order valence-corrected chi connectivity index (χ0v) is 15.2. The second-order valence-corrected chi connectivity index (χ2v) is 7.18. The van der Waals surface area contributed by atoms with Gasteiger partial charge in [0.1, 0.15) is 0 Å². The van der Waals surface area contributed by atoms with E-state index in [2.05, 4.69) is 58.5 Å². The van der Waals surface area contributed by atoms with E-state index < -0.39 is 0 Å². The number of nitrogens with zero attached hydrogens (tertiary/aromatic N) is 1. The summed E-state index contributed by atoms with van der Waals surface area (Å²) in [4.78, 5) is 18.3. The summed E-state index contributed by atoms with van der Waals surface area (Å²) in [6.07, 6.45) is 4.54. The number of rotatable bonds is 4. The van der Waals surface area contributed by atoms with E-state index in [-0.39, 0.29) is 11.9 Å². The highest BCUT2D eigenvalue weighted by Gasteiger charge is 2.22. The van der Waals surface area contributed by atoms with Crippen LogP contribution in [-0.2, 0) is 11.2 Å². The zero-order chi connectivity index (χ0) is 17.9. The standard InChI is InChI=1S/C22H25N3O/c1-16-7-5-11-20-17(14-23-22(16)20)13-21(26)24-18-8-6-12-25(15-18)19-9-3-2-4-10-19/h2-5,7,9-11,14,18,23H,6,8,12-13,15H2,1H3,(H,24,26). The first kappa shape index (κ1) is 16.7. The average Bonchev–Trinajstić information content (AvgIpc) is 3.07. The Bertz CT molecular complexity index is 900. The van der Waals surface area contributed by atoms with Crippen LogP contribution in [0.5, 0.6) is 0 Å². The van der Waals surface area contributed by atoms with Crippen LogP contribution in [0.4, 0.5) is 5.69 Å². The summed E-state index contributed by atoms with van der Waals surface area (Å²) in [6, 6.07) is 16.9. The highest BCUT2D eigenvalue weighted by molar-refractivity contribution is 5.90. The molecule has 0 spiro atoms. The van der Waals surface area contributed by atoms with E-state index in [9.17, 15) is 4.79 Å². The molecule has 4 heteroatoms. The fourth-order valence-corrected chi connectivity index (χ4v) is 3.93. The molecule has 4 nitrogen and oxygen atoms in total. The number of carbonyl (C=O) groups is 1. The number of amides is 1. The summed E-state index contributed by atoms with van der Waals surface area (Å²) >= 11 is 0. The number of fused-ring (bicyclic) bond motifs is 1. The number of aryl methyl sites for hydroxylation is 1. The number of H-pyrrole nitrogens is 1. The summed E-state index contributed by atoms with van der Waals surface area (Å²) < 4.78 is 0. The second kappa shape index (κ2) is 7.24. The number of para-hydroxylation sites is 2. The molecular weight excluding hydrogens is 322 g/mol. The average molecular weight is 347 g/mol. The first-order valence-electron chi connectivity index (χ1n) is 9.35. The molecule has 3 aromatic rings. The van der Waals surface area contributed by atoms with Gasteiger partial charge in [-0.05, 0) is 43.0 Å². The molecule has 1 fully saturated rings. The molecule has 2 aromatic carbocycles.